The van der Waals surface area contributed by atoms with Crippen molar-refractivity contribution in [2.24, 2.45) is 0 Å². The number of rotatable bonds is 5. The minimum atomic E-state index is -0.695. The lowest BCUT2D eigenvalue weighted by Crippen LogP contribution is -2.17. The van der Waals surface area contributed by atoms with E-state index in [1.807, 2.05) is 22.9 Å². The number of nitrogens with one attached hydrogen (secondary N) is 1. The SMILES string of the molecule is COc1ccc(C(=O)O[C@@H](C)c2nc3scc(-c4cccs4)c3c(=O)[nH]2)cc1. The van der Waals surface area contributed by atoms with Gasteiger partial charge in [-0.25, -0.2) is 9.78 Å². The molecule has 1 aromatic carbocycles. The van der Waals surface area contributed by atoms with Crippen LogP contribution < -0.4 is 10.3 Å². The summed E-state index contributed by atoms with van der Waals surface area (Å²) >= 11 is 2.97. The molecule has 0 unspecified atom stereocenters. The molecule has 0 bridgehead atoms. The smallest absolute Gasteiger partial charge is 0.338 e. The molecule has 8 heteroatoms. The van der Waals surface area contributed by atoms with Crippen LogP contribution in [0, 0.1) is 0 Å². The van der Waals surface area contributed by atoms with E-state index in [0.29, 0.717) is 27.4 Å². The average Bonchev–Trinajstić information content (AvgIpc) is 3.37. The van der Waals surface area contributed by atoms with Crippen molar-refractivity contribution >= 4 is 38.9 Å². The summed E-state index contributed by atoms with van der Waals surface area (Å²) in [5, 5.41) is 4.45. The first-order chi connectivity index (χ1) is 13.6. The molecule has 142 valence electrons. The Morgan fingerprint density at radius 2 is 1.96 bits per heavy atom. The normalized spacial score (nSPS) is 12.1. The van der Waals surface area contributed by atoms with Gasteiger partial charge in [0.1, 0.15) is 10.6 Å². The molecule has 0 saturated heterocycles. The molecular formula is C20H16N2O4S2. The number of benzene rings is 1. The number of H-pyrrole nitrogens is 1. The molecule has 0 saturated carbocycles. The lowest BCUT2D eigenvalue weighted by molar-refractivity contribution is 0.0320. The van der Waals surface area contributed by atoms with Crippen molar-refractivity contribution in [3.05, 3.63) is 68.9 Å². The number of carbonyl (C=O) groups excluding carboxylic acids is 1. The second-order valence-electron chi connectivity index (χ2n) is 6.03. The highest BCUT2D eigenvalue weighted by Crippen LogP contribution is 2.33. The molecule has 0 aliphatic rings. The van der Waals surface area contributed by atoms with Crippen LogP contribution in [0.4, 0.5) is 0 Å². The standard InChI is InChI=1S/C20H16N2O4S2/c1-11(26-20(24)12-5-7-13(25-2)8-6-12)17-21-18(23)16-14(10-28-19(16)22-17)15-4-3-9-27-15/h3-11H,1-2H3,(H,21,22,23)/t11-/m0/s1. The van der Waals surface area contributed by atoms with E-state index in [9.17, 15) is 9.59 Å². The minimum Gasteiger partial charge on any atom is -0.497 e. The third kappa shape index (κ3) is 3.44. The third-order valence-corrected chi connectivity index (χ3v) is 6.02. The molecule has 3 aromatic heterocycles. The van der Waals surface area contributed by atoms with Gasteiger partial charge in [-0.05, 0) is 42.6 Å². The van der Waals surface area contributed by atoms with Gasteiger partial charge in [0.05, 0.1) is 18.1 Å². The number of aromatic nitrogens is 2. The van der Waals surface area contributed by atoms with Crippen molar-refractivity contribution < 1.29 is 14.3 Å². The predicted octanol–water partition coefficient (Wildman–Crippen LogP) is 4.64. The number of methoxy groups -OCH3 is 1. The number of ether oxygens (including phenoxy) is 2. The number of thiophene rings is 2. The lowest BCUT2D eigenvalue weighted by Gasteiger charge is -2.13. The lowest BCUT2D eigenvalue weighted by atomic mass is 10.2. The first-order valence-electron chi connectivity index (χ1n) is 8.47. The maximum atomic E-state index is 12.7. The van der Waals surface area contributed by atoms with Crippen molar-refractivity contribution in [3.63, 3.8) is 0 Å². The van der Waals surface area contributed by atoms with Gasteiger partial charge in [-0.2, -0.15) is 0 Å². The monoisotopic (exact) mass is 412 g/mol. The number of hydrogen-bond acceptors (Lipinski definition) is 7. The molecule has 1 atom stereocenters. The highest BCUT2D eigenvalue weighted by atomic mass is 32.1. The van der Waals surface area contributed by atoms with E-state index >= 15 is 0 Å². The van der Waals surface area contributed by atoms with E-state index in [1.54, 1.807) is 49.6 Å². The Balaban J connectivity index is 1.60. The largest absolute Gasteiger partial charge is 0.497 e. The molecule has 1 N–H and O–H groups in total. The minimum absolute atomic E-state index is 0.239. The number of nitrogens with zero attached hydrogens (tertiary/aromatic N) is 1. The van der Waals surface area contributed by atoms with Gasteiger partial charge in [0.15, 0.2) is 11.9 Å². The van der Waals surface area contributed by atoms with Crippen molar-refractivity contribution in [2.75, 3.05) is 7.11 Å². The van der Waals surface area contributed by atoms with Crippen LogP contribution in [-0.2, 0) is 4.74 Å². The van der Waals surface area contributed by atoms with Crippen LogP contribution in [0.5, 0.6) is 5.75 Å². The van der Waals surface area contributed by atoms with Crippen molar-refractivity contribution in [1.29, 1.82) is 0 Å². The fraction of sp³-hybridized carbons (Fsp3) is 0.150. The summed E-state index contributed by atoms with van der Waals surface area (Å²) in [6.45, 7) is 1.68. The number of fused-ring (bicyclic) bond motifs is 1. The van der Waals surface area contributed by atoms with Gasteiger partial charge in [-0.15, -0.1) is 22.7 Å². The molecule has 0 aliphatic heterocycles. The molecule has 4 rings (SSSR count). The van der Waals surface area contributed by atoms with E-state index in [0.717, 1.165) is 10.4 Å². The van der Waals surface area contributed by atoms with Crippen molar-refractivity contribution in [2.45, 2.75) is 13.0 Å². The zero-order valence-corrected chi connectivity index (χ0v) is 16.7. The van der Waals surface area contributed by atoms with Crippen LogP contribution in [0.2, 0.25) is 0 Å². The van der Waals surface area contributed by atoms with E-state index in [4.69, 9.17) is 9.47 Å². The van der Waals surface area contributed by atoms with Crippen molar-refractivity contribution in [1.82, 2.24) is 9.97 Å². The zero-order chi connectivity index (χ0) is 19.7. The molecule has 0 radical (unpaired) electrons. The van der Waals surface area contributed by atoms with Crippen LogP contribution in [0.15, 0.2) is 52.0 Å². The molecule has 28 heavy (non-hydrogen) atoms. The number of carbonyl (C=O) groups is 1. The highest BCUT2D eigenvalue weighted by molar-refractivity contribution is 7.18. The molecular weight excluding hydrogens is 396 g/mol. The summed E-state index contributed by atoms with van der Waals surface area (Å²) in [5.74, 6) is 0.475. The Labute approximate surface area is 168 Å². The Bertz CT molecular complexity index is 1180. The molecule has 4 aromatic rings. The first-order valence-corrected chi connectivity index (χ1v) is 10.2. The molecule has 0 amide bonds. The topological polar surface area (TPSA) is 81.3 Å². The molecule has 0 fully saturated rings. The Morgan fingerprint density at radius 3 is 2.64 bits per heavy atom. The molecule has 6 nitrogen and oxygen atoms in total. The summed E-state index contributed by atoms with van der Waals surface area (Å²) in [6.07, 6.45) is -0.695. The third-order valence-electron chi connectivity index (χ3n) is 4.24. The van der Waals surface area contributed by atoms with Crippen LogP contribution in [0.1, 0.15) is 29.2 Å². The van der Waals surface area contributed by atoms with Gasteiger partial charge >= 0.3 is 5.97 Å². The summed E-state index contributed by atoms with van der Waals surface area (Å²) in [5.41, 5.74) is 1.03. The van der Waals surface area contributed by atoms with Gasteiger partial charge in [0.25, 0.3) is 5.56 Å². The van der Waals surface area contributed by atoms with E-state index in [-0.39, 0.29) is 5.56 Å². The molecule has 0 spiro atoms. The van der Waals surface area contributed by atoms with Gasteiger partial charge < -0.3 is 14.5 Å². The molecule has 0 aliphatic carbocycles. The van der Waals surface area contributed by atoms with E-state index in [1.165, 1.54) is 11.3 Å². The number of hydrogen-bond donors (Lipinski definition) is 1. The quantitative estimate of drug-likeness (QED) is 0.483. The predicted molar refractivity (Wildman–Crippen MR) is 110 cm³/mol. The zero-order valence-electron chi connectivity index (χ0n) is 15.1. The summed E-state index contributed by atoms with van der Waals surface area (Å²) in [7, 11) is 1.56. The van der Waals surface area contributed by atoms with Gasteiger partial charge in [-0.1, -0.05) is 6.07 Å². The van der Waals surface area contributed by atoms with Crippen LogP contribution in [0.3, 0.4) is 0 Å². The maximum Gasteiger partial charge on any atom is 0.338 e. The van der Waals surface area contributed by atoms with Gasteiger partial charge in [-0.3, -0.25) is 4.79 Å². The fourth-order valence-electron chi connectivity index (χ4n) is 2.78. The Kier molecular flexibility index (Phi) is 4.97. The Hall–Kier alpha value is -2.97. The fourth-order valence-corrected chi connectivity index (χ4v) is 4.55. The number of aromatic amines is 1. The average molecular weight is 412 g/mol. The summed E-state index contributed by atoms with van der Waals surface area (Å²) in [6, 6.07) is 10.5. The van der Waals surface area contributed by atoms with Crippen LogP contribution >= 0.6 is 22.7 Å². The molecule has 3 heterocycles. The van der Waals surface area contributed by atoms with E-state index < -0.39 is 12.1 Å². The van der Waals surface area contributed by atoms with E-state index in [2.05, 4.69) is 9.97 Å². The summed E-state index contributed by atoms with van der Waals surface area (Å²) in [4.78, 5) is 33.9. The van der Waals surface area contributed by atoms with Crippen molar-refractivity contribution in [3.8, 4) is 16.2 Å². The van der Waals surface area contributed by atoms with Gasteiger partial charge in [0, 0.05) is 15.8 Å². The maximum absolute atomic E-state index is 12.7. The summed E-state index contributed by atoms with van der Waals surface area (Å²) < 4.78 is 10.6. The highest BCUT2D eigenvalue weighted by Gasteiger charge is 2.19. The van der Waals surface area contributed by atoms with Crippen LogP contribution in [0.25, 0.3) is 20.7 Å². The van der Waals surface area contributed by atoms with Gasteiger partial charge in [0.2, 0.25) is 0 Å². The Morgan fingerprint density at radius 1 is 1.18 bits per heavy atom. The van der Waals surface area contributed by atoms with Crippen LogP contribution in [-0.4, -0.2) is 23.0 Å². The second kappa shape index (κ2) is 7.57. The first kappa shape index (κ1) is 18.4. The number of esters is 1. The second-order valence-corrected chi connectivity index (χ2v) is 7.84.